The van der Waals surface area contributed by atoms with E-state index in [0.29, 0.717) is 18.3 Å². The van der Waals surface area contributed by atoms with Crippen molar-refractivity contribution in [3.05, 3.63) is 66.1 Å². The maximum atomic E-state index is 10.1. The van der Waals surface area contributed by atoms with E-state index in [9.17, 15) is 5.11 Å². The Balaban J connectivity index is 1.52. The number of hydrogen-bond donors (Lipinski definition) is 1. The van der Waals surface area contributed by atoms with Crippen LogP contribution < -0.4 is 4.74 Å². The lowest BCUT2D eigenvalue weighted by molar-refractivity contribution is 0.0253. The van der Waals surface area contributed by atoms with E-state index in [1.165, 1.54) is 0 Å². The number of hydrogen-bond acceptors (Lipinski definition) is 6. The third-order valence-corrected chi connectivity index (χ3v) is 3.63. The van der Waals surface area contributed by atoms with Gasteiger partial charge in [-0.1, -0.05) is 47.6 Å². The molecular weight excluding hydrogens is 320 g/mol. The van der Waals surface area contributed by atoms with Gasteiger partial charge < -0.3 is 19.1 Å². The van der Waals surface area contributed by atoms with Gasteiger partial charge >= 0.3 is 0 Å². The zero-order chi connectivity index (χ0) is 17.5. The van der Waals surface area contributed by atoms with E-state index in [-0.39, 0.29) is 13.0 Å². The monoisotopic (exact) mass is 340 g/mol. The Morgan fingerprint density at radius 2 is 1.96 bits per heavy atom. The maximum absolute atomic E-state index is 10.1. The largest absolute Gasteiger partial charge is 0.497 e. The topological polar surface area (TPSA) is 77.6 Å². The molecule has 3 aromatic rings. The molecule has 0 radical (unpaired) electrons. The summed E-state index contributed by atoms with van der Waals surface area (Å²) >= 11 is 0. The number of aromatic nitrogens is 2. The minimum absolute atomic E-state index is 0.200. The lowest BCUT2D eigenvalue weighted by Crippen LogP contribution is -2.18. The van der Waals surface area contributed by atoms with Crippen LogP contribution in [0.2, 0.25) is 0 Å². The first-order chi connectivity index (χ1) is 12.2. The molecule has 1 aromatic heterocycles. The molecule has 25 heavy (non-hydrogen) atoms. The van der Waals surface area contributed by atoms with Crippen molar-refractivity contribution in [3.8, 4) is 17.1 Å². The summed E-state index contributed by atoms with van der Waals surface area (Å²) in [6, 6.07) is 17.2. The standard InChI is InChI=1S/C19H20N2O4/c1-23-17-9-5-8-15(10-17)19-20-18(25-21-19)11-16(22)13-24-12-14-6-3-2-4-7-14/h2-10,16,22H,11-13H2,1H3. The average molecular weight is 340 g/mol. The van der Waals surface area contributed by atoms with Crippen LogP contribution in [-0.4, -0.2) is 35.1 Å². The average Bonchev–Trinajstić information content (AvgIpc) is 3.11. The molecule has 0 saturated carbocycles. The van der Waals surface area contributed by atoms with E-state index in [1.54, 1.807) is 7.11 Å². The third-order valence-electron chi connectivity index (χ3n) is 3.63. The van der Waals surface area contributed by atoms with Gasteiger partial charge in [-0.3, -0.25) is 0 Å². The van der Waals surface area contributed by atoms with Gasteiger partial charge in [0.1, 0.15) is 5.75 Å². The number of nitrogens with zero attached hydrogens (tertiary/aromatic N) is 2. The highest BCUT2D eigenvalue weighted by atomic mass is 16.5. The van der Waals surface area contributed by atoms with Gasteiger partial charge in [-0.05, 0) is 17.7 Å². The second-order valence-electron chi connectivity index (χ2n) is 5.60. The lowest BCUT2D eigenvalue weighted by atomic mass is 10.2. The van der Waals surface area contributed by atoms with E-state index in [4.69, 9.17) is 14.0 Å². The van der Waals surface area contributed by atoms with Crippen molar-refractivity contribution >= 4 is 0 Å². The van der Waals surface area contributed by atoms with Crippen LogP contribution in [0.1, 0.15) is 11.5 Å². The van der Waals surface area contributed by atoms with Crippen LogP contribution in [-0.2, 0) is 17.8 Å². The molecule has 0 amide bonds. The fourth-order valence-corrected chi connectivity index (χ4v) is 2.36. The van der Waals surface area contributed by atoms with Crippen molar-refractivity contribution < 1.29 is 19.1 Å². The normalized spacial score (nSPS) is 12.1. The van der Waals surface area contributed by atoms with Gasteiger partial charge in [0.05, 0.1) is 32.8 Å². The van der Waals surface area contributed by atoms with E-state index in [0.717, 1.165) is 16.9 Å². The van der Waals surface area contributed by atoms with Crippen LogP contribution >= 0.6 is 0 Å². The van der Waals surface area contributed by atoms with Gasteiger partial charge in [-0.25, -0.2) is 0 Å². The first-order valence-corrected chi connectivity index (χ1v) is 8.01. The Hall–Kier alpha value is -2.70. The Labute approximate surface area is 146 Å². The maximum Gasteiger partial charge on any atom is 0.229 e. The summed E-state index contributed by atoms with van der Waals surface area (Å²) in [5, 5.41) is 14.0. The molecule has 0 aliphatic rings. The molecule has 0 bridgehead atoms. The number of rotatable bonds is 8. The second-order valence-corrected chi connectivity index (χ2v) is 5.60. The fourth-order valence-electron chi connectivity index (χ4n) is 2.36. The molecule has 0 saturated heterocycles. The molecule has 1 atom stereocenters. The molecule has 1 N–H and O–H groups in total. The molecule has 0 aliphatic heterocycles. The lowest BCUT2D eigenvalue weighted by Gasteiger charge is -2.09. The van der Waals surface area contributed by atoms with E-state index < -0.39 is 6.10 Å². The SMILES string of the molecule is COc1cccc(-c2noc(CC(O)COCc3ccccc3)n2)c1. The quantitative estimate of drug-likeness (QED) is 0.679. The van der Waals surface area contributed by atoms with Crippen LogP contribution in [0.5, 0.6) is 5.75 Å². The van der Waals surface area contributed by atoms with Gasteiger partial charge in [0, 0.05) is 5.56 Å². The van der Waals surface area contributed by atoms with Gasteiger partial charge in [0.15, 0.2) is 0 Å². The highest BCUT2D eigenvalue weighted by Crippen LogP contribution is 2.21. The van der Waals surface area contributed by atoms with E-state index in [2.05, 4.69) is 10.1 Å². The smallest absolute Gasteiger partial charge is 0.229 e. The third kappa shape index (κ3) is 4.89. The number of aliphatic hydroxyl groups excluding tert-OH is 1. The highest BCUT2D eigenvalue weighted by Gasteiger charge is 2.14. The van der Waals surface area contributed by atoms with Crippen LogP contribution in [0.15, 0.2) is 59.1 Å². The molecule has 1 unspecified atom stereocenters. The molecule has 0 aliphatic carbocycles. The van der Waals surface area contributed by atoms with Gasteiger partial charge in [-0.15, -0.1) is 0 Å². The summed E-state index contributed by atoms with van der Waals surface area (Å²) < 4.78 is 15.9. The van der Waals surface area contributed by atoms with E-state index >= 15 is 0 Å². The van der Waals surface area contributed by atoms with Crippen molar-refractivity contribution in [1.82, 2.24) is 10.1 Å². The van der Waals surface area contributed by atoms with Gasteiger partial charge in [0.25, 0.3) is 0 Å². The molecule has 0 spiro atoms. The number of methoxy groups -OCH3 is 1. The molecule has 0 fully saturated rings. The Bertz CT molecular complexity index is 789. The summed E-state index contributed by atoms with van der Waals surface area (Å²) in [6.45, 7) is 0.655. The van der Waals surface area contributed by atoms with Crippen molar-refractivity contribution in [2.24, 2.45) is 0 Å². The Kier molecular flexibility index (Phi) is 5.77. The number of benzene rings is 2. The molecule has 6 nitrogen and oxygen atoms in total. The first kappa shape index (κ1) is 17.1. The van der Waals surface area contributed by atoms with Crippen molar-refractivity contribution in [3.63, 3.8) is 0 Å². The molecule has 1 heterocycles. The highest BCUT2D eigenvalue weighted by molar-refractivity contribution is 5.56. The number of ether oxygens (including phenoxy) is 2. The summed E-state index contributed by atoms with van der Waals surface area (Å²) in [6.07, 6.45) is -0.464. The van der Waals surface area contributed by atoms with Crippen molar-refractivity contribution in [1.29, 1.82) is 0 Å². The fraction of sp³-hybridized carbons (Fsp3) is 0.263. The van der Waals surface area contributed by atoms with Gasteiger partial charge in [0.2, 0.25) is 11.7 Å². The Morgan fingerprint density at radius 1 is 1.12 bits per heavy atom. The first-order valence-electron chi connectivity index (χ1n) is 8.01. The summed E-state index contributed by atoms with van der Waals surface area (Å²) in [5.41, 5.74) is 1.86. The predicted molar refractivity (Wildman–Crippen MR) is 92.1 cm³/mol. The second kappa shape index (κ2) is 8.41. The van der Waals surface area contributed by atoms with Crippen LogP contribution in [0.4, 0.5) is 0 Å². The molecule has 130 valence electrons. The van der Waals surface area contributed by atoms with Crippen LogP contribution in [0.25, 0.3) is 11.4 Å². The number of aliphatic hydroxyl groups is 1. The molecule has 3 rings (SSSR count). The van der Waals surface area contributed by atoms with Crippen LogP contribution in [0.3, 0.4) is 0 Å². The summed E-state index contributed by atoms with van der Waals surface area (Å²) in [4.78, 5) is 4.31. The summed E-state index contributed by atoms with van der Waals surface area (Å²) in [7, 11) is 1.60. The van der Waals surface area contributed by atoms with E-state index in [1.807, 2.05) is 54.6 Å². The van der Waals surface area contributed by atoms with Crippen molar-refractivity contribution in [2.45, 2.75) is 19.1 Å². The summed E-state index contributed by atoms with van der Waals surface area (Å²) in [5.74, 6) is 1.55. The zero-order valence-corrected chi connectivity index (χ0v) is 14.0. The molecule has 2 aromatic carbocycles. The van der Waals surface area contributed by atoms with Crippen LogP contribution in [0, 0.1) is 0 Å². The minimum Gasteiger partial charge on any atom is -0.497 e. The Morgan fingerprint density at radius 3 is 2.76 bits per heavy atom. The van der Waals surface area contributed by atoms with Crippen molar-refractivity contribution in [2.75, 3.05) is 13.7 Å². The minimum atomic E-state index is -0.706. The van der Waals surface area contributed by atoms with Gasteiger partial charge in [-0.2, -0.15) is 4.98 Å². The molecule has 6 heteroatoms. The zero-order valence-electron chi connectivity index (χ0n) is 14.0. The molecular formula is C19H20N2O4. The predicted octanol–water partition coefficient (Wildman–Crippen LogP) is 2.87.